The van der Waals surface area contributed by atoms with Crippen LogP contribution in [0.15, 0.2) is 36.7 Å². The Morgan fingerprint density at radius 2 is 2.06 bits per heavy atom. The van der Waals surface area contributed by atoms with E-state index >= 15 is 0 Å². The molecule has 3 heterocycles. The van der Waals surface area contributed by atoms with Crippen molar-refractivity contribution >= 4 is 45.8 Å². The Labute approximate surface area is 189 Å². The number of aromatic nitrogens is 5. The van der Waals surface area contributed by atoms with E-state index < -0.39 is 0 Å². The largest absolute Gasteiger partial charge is 0.319 e. The third-order valence-corrected chi connectivity index (χ3v) is 6.05. The van der Waals surface area contributed by atoms with Crippen molar-refractivity contribution in [1.29, 1.82) is 0 Å². The summed E-state index contributed by atoms with van der Waals surface area (Å²) in [6, 6.07) is 7.26. The minimum Gasteiger partial charge on any atom is -0.319 e. The Morgan fingerprint density at radius 1 is 1.26 bits per heavy atom. The van der Waals surface area contributed by atoms with Crippen molar-refractivity contribution < 1.29 is 4.79 Å². The van der Waals surface area contributed by atoms with Crippen molar-refractivity contribution in [3.63, 3.8) is 0 Å². The second-order valence-electron chi connectivity index (χ2n) is 7.89. The van der Waals surface area contributed by atoms with E-state index in [1.165, 1.54) is 0 Å². The van der Waals surface area contributed by atoms with Gasteiger partial charge in [0, 0.05) is 34.9 Å². The van der Waals surface area contributed by atoms with E-state index in [1.54, 1.807) is 33.9 Å². The molecule has 0 atom stereocenters. The highest BCUT2D eigenvalue weighted by Crippen LogP contribution is 2.40. The zero-order valence-electron chi connectivity index (χ0n) is 17.1. The lowest BCUT2D eigenvalue weighted by Gasteiger charge is -2.08. The van der Waals surface area contributed by atoms with Crippen LogP contribution in [0.2, 0.25) is 10.0 Å². The van der Waals surface area contributed by atoms with Crippen LogP contribution in [0.4, 0.5) is 5.69 Å². The number of fused-ring (bicyclic) bond motifs is 1. The molecule has 158 valence electrons. The lowest BCUT2D eigenvalue weighted by molar-refractivity contribution is 0.102. The van der Waals surface area contributed by atoms with E-state index in [2.05, 4.69) is 15.5 Å². The van der Waals surface area contributed by atoms with Gasteiger partial charge in [-0.05, 0) is 43.5 Å². The standard InChI is InChI=1S/C22H20Cl2N6O/c1-12-20-17(8-19(13-3-4-13)27-21(20)29(2)28-12)22(31)26-16-9-25-30(11-16)10-14-5-6-15(23)7-18(14)24/h5-9,11,13H,3-4,10H2,1-2H3,(H,26,31). The zero-order valence-corrected chi connectivity index (χ0v) is 18.6. The number of nitrogens with one attached hydrogen (secondary N) is 1. The molecular weight excluding hydrogens is 435 g/mol. The third kappa shape index (κ3) is 3.91. The molecule has 9 heteroatoms. The van der Waals surface area contributed by atoms with Crippen molar-refractivity contribution in [2.75, 3.05) is 5.32 Å². The molecule has 1 amide bonds. The van der Waals surface area contributed by atoms with E-state index in [0.29, 0.717) is 33.8 Å². The number of carbonyl (C=O) groups is 1. The molecule has 1 saturated carbocycles. The predicted molar refractivity (Wildman–Crippen MR) is 121 cm³/mol. The Kier molecular flexibility index (Phi) is 4.95. The highest BCUT2D eigenvalue weighted by Gasteiger charge is 2.28. The van der Waals surface area contributed by atoms with Crippen molar-refractivity contribution in [2.24, 2.45) is 7.05 Å². The minimum absolute atomic E-state index is 0.200. The van der Waals surface area contributed by atoms with Crippen LogP contribution in [-0.2, 0) is 13.6 Å². The molecule has 1 aliphatic rings. The predicted octanol–water partition coefficient (Wildman–Crippen LogP) is 4.96. The Morgan fingerprint density at radius 3 is 2.81 bits per heavy atom. The molecule has 0 aliphatic heterocycles. The summed E-state index contributed by atoms with van der Waals surface area (Å²) in [5.41, 5.74) is 4.56. The number of nitrogens with zero attached hydrogens (tertiary/aromatic N) is 5. The van der Waals surface area contributed by atoms with Gasteiger partial charge < -0.3 is 5.32 Å². The summed E-state index contributed by atoms with van der Waals surface area (Å²) in [6.45, 7) is 2.37. The fourth-order valence-corrected chi connectivity index (χ4v) is 4.24. The smallest absolute Gasteiger partial charge is 0.256 e. The van der Waals surface area contributed by atoms with Gasteiger partial charge in [-0.3, -0.25) is 14.2 Å². The molecule has 0 radical (unpaired) electrons. The molecule has 0 saturated heterocycles. The lowest BCUT2D eigenvalue weighted by Crippen LogP contribution is -2.13. The fourth-order valence-electron chi connectivity index (χ4n) is 3.77. The maximum absolute atomic E-state index is 13.2. The number of pyridine rings is 1. The second kappa shape index (κ2) is 7.66. The summed E-state index contributed by atoms with van der Waals surface area (Å²) < 4.78 is 3.46. The number of amides is 1. The summed E-state index contributed by atoms with van der Waals surface area (Å²) >= 11 is 12.2. The number of hydrogen-bond donors (Lipinski definition) is 1. The lowest BCUT2D eigenvalue weighted by atomic mass is 10.1. The normalized spacial score (nSPS) is 13.7. The van der Waals surface area contributed by atoms with Gasteiger partial charge in [0.2, 0.25) is 0 Å². The van der Waals surface area contributed by atoms with Crippen LogP contribution < -0.4 is 5.32 Å². The van der Waals surface area contributed by atoms with E-state index in [1.807, 2.05) is 26.1 Å². The van der Waals surface area contributed by atoms with Crippen molar-refractivity contribution in [1.82, 2.24) is 24.5 Å². The van der Waals surface area contributed by atoms with Gasteiger partial charge in [-0.1, -0.05) is 29.3 Å². The van der Waals surface area contributed by atoms with Crippen LogP contribution in [0.5, 0.6) is 0 Å². The van der Waals surface area contributed by atoms with Crippen molar-refractivity contribution in [3.05, 3.63) is 69.2 Å². The zero-order chi connectivity index (χ0) is 21.7. The van der Waals surface area contributed by atoms with Crippen LogP contribution in [0.25, 0.3) is 11.0 Å². The van der Waals surface area contributed by atoms with Gasteiger partial charge in [0.05, 0.1) is 35.1 Å². The molecule has 1 aromatic carbocycles. The maximum atomic E-state index is 13.2. The number of rotatable bonds is 5. The van der Waals surface area contributed by atoms with Crippen molar-refractivity contribution in [2.45, 2.75) is 32.2 Å². The number of halogens is 2. The number of benzene rings is 1. The van der Waals surface area contributed by atoms with Crippen LogP contribution in [0.1, 0.15) is 46.1 Å². The monoisotopic (exact) mass is 454 g/mol. The van der Waals surface area contributed by atoms with Gasteiger partial charge in [0.25, 0.3) is 5.91 Å². The Hall–Kier alpha value is -2.90. The number of anilines is 1. The first-order chi connectivity index (χ1) is 14.9. The Bertz CT molecular complexity index is 1320. The van der Waals surface area contributed by atoms with Crippen LogP contribution in [-0.4, -0.2) is 30.5 Å². The molecule has 7 nitrogen and oxygen atoms in total. The summed E-state index contributed by atoms with van der Waals surface area (Å²) in [6.07, 6.45) is 5.62. The van der Waals surface area contributed by atoms with E-state index in [9.17, 15) is 4.79 Å². The number of hydrogen-bond acceptors (Lipinski definition) is 4. The topological polar surface area (TPSA) is 77.6 Å². The van der Waals surface area contributed by atoms with Gasteiger partial charge in [-0.25, -0.2) is 4.98 Å². The highest BCUT2D eigenvalue weighted by atomic mass is 35.5. The van der Waals surface area contributed by atoms with E-state index in [-0.39, 0.29) is 5.91 Å². The molecule has 0 bridgehead atoms. The summed E-state index contributed by atoms with van der Waals surface area (Å²) in [4.78, 5) is 18.0. The molecule has 1 fully saturated rings. The summed E-state index contributed by atoms with van der Waals surface area (Å²) in [7, 11) is 1.85. The molecule has 0 spiro atoms. The van der Waals surface area contributed by atoms with Gasteiger partial charge in [0.1, 0.15) is 0 Å². The second-order valence-corrected chi connectivity index (χ2v) is 8.74. The summed E-state index contributed by atoms with van der Waals surface area (Å²) in [5.74, 6) is 0.229. The first-order valence-electron chi connectivity index (χ1n) is 10.0. The first kappa shape index (κ1) is 20.0. The number of aryl methyl sites for hydroxylation is 2. The molecular formula is C22H20Cl2N6O. The van der Waals surface area contributed by atoms with Crippen LogP contribution in [0.3, 0.4) is 0 Å². The molecule has 4 aromatic rings. The van der Waals surface area contributed by atoms with Gasteiger partial charge in [0.15, 0.2) is 5.65 Å². The van der Waals surface area contributed by atoms with Crippen LogP contribution >= 0.6 is 23.2 Å². The van der Waals surface area contributed by atoms with Crippen molar-refractivity contribution in [3.8, 4) is 0 Å². The highest BCUT2D eigenvalue weighted by molar-refractivity contribution is 6.35. The molecule has 0 unspecified atom stereocenters. The molecule has 1 aliphatic carbocycles. The fraction of sp³-hybridized carbons (Fsp3) is 0.273. The number of carbonyl (C=O) groups excluding carboxylic acids is 1. The van der Waals surface area contributed by atoms with Gasteiger partial charge >= 0.3 is 0 Å². The molecule has 5 rings (SSSR count). The third-order valence-electron chi connectivity index (χ3n) is 5.47. The molecule has 3 aromatic heterocycles. The molecule has 31 heavy (non-hydrogen) atoms. The summed E-state index contributed by atoms with van der Waals surface area (Å²) in [5, 5.41) is 13.7. The average Bonchev–Trinajstić information content (AvgIpc) is 3.43. The molecule has 1 N–H and O–H groups in total. The van der Waals surface area contributed by atoms with Gasteiger partial charge in [-0.15, -0.1) is 0 Å². The minimum atomic E-state index is -0.200. The first-order valence-corrected chi connectivity index (χ1v) is 10.8. The SMILES string of the molecule is Cc1nn(C)c2nc(C3CC3)cc(C(=O)Nc3cnn(Cc4ccc(Cl)cc4Cl)c3)c12. The van der Waals surface area contributed by atoms with Crippen LogP contribution in [0, 0.1) is 6.92 Å². The van der Waals surface area contributed by atoms with E-state index in [0.717, 1.165) is 40.8 Å². The Balaban J connectivity index is 1.41. The van der Waals surface area contributed by atoms with Gasteiger partial charge in [-0.2, -0.15) is 10.2 Å². The average molecular weight is 455 g/mol. The maximum Gasteiger partial charge on any atom is 0.256 e. The quantitative estimate of drug-likeness (QED) is 0.462. The van der Waals surface area contributed by atoms with E-state index in [4.69, 9.17) is 28.2 Å².